The second-order valence-electron chi connectivity index (χ2n) is 7.73. The molecule has 2 fully saturated rings. The number of hydrogen-bond donors (Lipinski definition) is 1. The maximum Gasteiger partial charge on any atom is 0.254 e. The van der Waals surface area contributed by atoms with Gasteiger partial charge in [0.25, 0.3) is 11.8 Å². The quantitative estimate of drug-likeness (QED) is 0.725. The van der Waals surface area contributed by atoms with Crippen molar-refractivity contribution in [3.05, 3.63) is 53.5 Å². The first-order valence-electron chi connectivity index (χ1n) is 9.78. The molecule has 29 heavy (non-hydrogen) atoms. The summed E-state index contributed by atoms with van der Waals surface area (Å²) in [7, 11) is 0. The van der Waals surface area contributed by atoms with Crippen LogP contribution in [0.4, 0.5) is 0 Å². The van der Waals surface area contributed by atoms with E-state index in [0.29, 0.717) is 44.6 Å². The van der Waals surface area contributed by atoms with Crippen LogP contribution in [-0.2, 0) is 4.79 Å². The maximum absolute atomic E-state index is 12.8. The predicted octanol–water partition coefficient (Wildman–Crippen LogP) is 2.77. The average Bonchev–Trinajstić information content (AvgIpc) is 3.34. The molecule has 7 heteroatoms. The van der Waals surface area contributed by atoms with Crippen molar-refractivity contribution in [2.75, 3.05) is 26.2 Å². The standard InChI is InChI=1S/C22H21N3O3S/c26-20(24-9-11-25(12-10-24)21(27)22(28)7-8-22)16-3-1-15(2-4-16)17-5-6-19-18(13-17)23-14-29-19/h1-6,13-14,28H,7-12H2. The fourth-order valence-electron chi connectivity index (χ4n) is 3.76. The van der Waals surface area contributed by atoms with Crippen LogP contribution in [0.15, 0.2) is 48.0 Å². The Labute approximate surface area is 172 Å². The number of amides is 2. The Morgan fingerprint density at radius 1 is 0.931 bits per heavy atom. The van der Waals surface area contributed by atoms with Gasteiger partial charge in [-0.3, -0.25) is 9.59 Å². The van der Waals surface area contributed by atoms with Gasteiger partial charge in [-0.15, -0.1) is 11.3 Å². The number of aliphatic hydroxyl groups is 1. The van der Waals surface area contributed by atoms with Crippen LogP contribution in [0.3, 0.4) is 0 Å². The van der Waals surface area contributed by atoms with E-state index in [-0.39, 0.29) is 11.8 Å². The van der Waals surface area contributed by atoms with Crippen LogP contribution in [0, 0.1) is 0 Å². The van der Waals surface area contributed by atoms with Crippen molar-refractivity contribution in [1.29, 1.82) is 0 Å². The van der Waals surface area contributed by atoms with Crippen molar-refractivity contribution in [2.45, 2.75) is 18.4 Å². The number of fused-ring (bicyclic) bond motifs is 1. The number of thiazole rings is 1. The molecule has 0 spiro atoms. The van der Waals surface area contributed by atoms with E-state index in [1.807, 2.05) is 29.8 Å². The highest BCUT2D eigenvalue weighted by atomic mass is 32.1. The van der Waals surface area contributed by atoms with Crippen molar-refractivity contribution in [3.8, 4) is 11.1 Å². The Morgan fingerprint density at radius 3 is 2.28 bits per heavy atom. The van der Waals surface area contributed by atoms with Gasteiger partial charge in [-0.25, -0.2) is 4.98 Å². The molecule has 2 amide bonds. The lowest BCUT2D eigenvalue weighted by Gasteiger charge is -2.35. The largest absolute Gasteiger partial charge is 0.380 e. The van der Waals surface area contributed by atoms with Gasteiger partial charge in [0.1, 0.15) is 5.60 Å². The molecule has 6 nitrogen and oxygen atoms in total. The number of rotatable bonds is 3. The zero-order valence-corrected chi connectivity index (χ0v) is 16.7. The predicted molar refractivity (Wildman–Crippen MR) is 112 cm³/mol. The first kappa shape index (κ1) is 18.3. The minimum Gasteiger partial charge on any atom is -0.380 e. The summed E-state index contributed by atoms with van der Waals surface area (Å²) in [6, 6.07) is 13.8. The third kappa shape index (κ3) is 3.41. The Balaban J connectivity index is 1.25. The van der Waals surface area contributed by atoms with Crippen LogP contribution >= 0.6 is 11.3 Å². The monoisotopic (exact) mass is 407 g/mol. The topological polar surface area (TPSA) is 73.7 Å². The van der Waals surface area contributed by atoms with Crippen LogP contribution in [0.25, 0.3) is 21.3 Å². The maximum atomic E-state index is 12.8. The summed E-state index contributed by atoms with van der Waals surface area (Å²) >= 11 is 1.62. The summed E-state index contributed by atoms with van der Waals surface area (Å²) in [4.78, 5) is 32.9. The molecule has 3 aromatic rings. The lowest BCUT2D eigenvalue weighted by Crippen LogP contribution is -2.53. The summed E-state index contributed by atoms with van der Waals surface area (Å²) in [5.41, 5.74) is 4.45. The van der Waals surface area contributed by atoms with Gasteiger partial charge >= 0.3 is 0 Å². The molecular weight excluding hydrogens is 386 g/mol. The van der Waals surface area contributed by atoms with Gasteiger partial charge in [0.15, 0.2) is 0 Å². The fraction of sp³-hybridized carbons (Fsp3) is 0.318. The molecule has 1 aromatic heterocycles. The third-order valence-electron chi connectivity index (χ3n) is 5.77. The smallest absolute Gasteiger partial charge is 0.254 e. The Morgan fingerprint density at radius 2 is 1.59 bits per heavy atom. The van der Waals surface area contributed by atoms with E-state index in [2.05, 4.69) is 23.2 Å². The molecule has 2 heterocycles. The van der Waals surface area contributed by atoms with E-state index in [9.17, 15) is 14.7 Å². The minimum atomic E-state index is -1.14. The number of carbonyl (C=O) groups is 2. The molecule has 1 saturated carbocycles. The van der Waals surface area contributed by atoms with E-state index >= 15 is 0 Å². The molecule has 2 aliphatic rings. The van der Waals surface area contributed by atoms with Crippen LogP contribution in [0.5, 0.6) is 0 Å². The molecular formula is C22H21N3O3S. The average molecular weight is 407 g/mol. The van der Waals surface area contributed by atoms with Crippen molar-refractivity contribution in [1.82, 2.24) is 14.8 Å². The van der Waals surface area contributed by atoms with Crippen LogP contribution in [-0.4, -0.2) is 63.5 Å². The molecule has 2 aromatic carbocycles. The number of aromatic nitrogens is 1. The molecule has 1 N–H and O–H groups in total. The Kier molecular flexibility index (Phi) is 4.37. The molecule has 0 radical (unpaired) electrons. The zero-order chi connectivity index (χ0) is 20.0. The number of hydrogen-bond acceptors (Lipinski definition) is 5. The molecule has 1 aliphatic carbocycles. The summed E-state index contributed by atoms with van der Waals surface area (Å²) in [5, 5.41) is 9.99. The van der Waals surface area contributed by atoms with Gasteiger partial charge in [0, 0.05) is 31.7 Å². The van der Waals surface area contributed by atoms with Gasteiger partial charge in [0.05, 0.1) is 15.7 Å². The van der Waals surface area contributed by atoms with Gasteiger partial charge < -0.3 is 14.9 Å². The van der Waals surface area contributed by atoms with Crippen molar-refractivity contribution >= 4 is 33.4 Å². The lowest BCUT2D eigenvalue weighted by atomic mass is 10.0. The molecule has 1 saturated heterocycles. The molecule has 0 unspecified atom stereocenters. The van der Waals surface area contributed by atoms with E-state index in [0.717, 1.165) is 21.3 Å². The number of benzene rings is 2. The van der Waals surface area contributed by atoms with Crippen LogP contribution in [0.1, 0.15) is 23.2 Å². The van der Waals surface area contributed by atoms with Crippen LogP contribution < -0.4 is 0 Å². The lowest BCUT2D eigenvalue weighted by molar-refractivity contribution is -0.143. The van der Waals surface area contributed by atoms with Gasteiger partial charge in [-0.05, 0) is 48.2 Å². The van der Waals surface area contributed by atoms with E-state index in [4.69, 9.17) is 0 Å². The molecule has 0 bridgehead atoms. The van der Waals surface area contributed by atoms with E-state index in [1.54, 1.807) is 21.1 Å². The van der Waals surface area contributed by atoms with Crippen LogP contribution in [0.2, 0.25) is 0 Å². The van der Waals surface area contributed by atoms with E-state index < -0.39 is 5.60 Å². The molecule has 0 atom stereocenters. The van der Waals surface area contributed by atoms with Crippen molar-refractivity contribution in [3.63, 3.8) is 0 Å². The Hall–Kier alpha value is -2.77. The van der Waals surface area contributed by atoms with Gasteiger partial charge in [0.2, 0.25) is 0 Å². The highest BCUT2D eigenvalue weighted by molar-refractivity contribution is 7.16. The van der Waals surface area contributed by atoms with E-state index in [1.165, 1.54) is 0 Å². The third-order valence-corrected chi connectivity index (χ3v) is 6.58. The summed E-state index contributed by atoms with van der Waals surface area (Å²) in [6.45, 7) is 1.92. The summed E-state index contributed by atoms with van der Waals surface area (Å²) < 4.78 is 1.16. The van der Waals surface area contributed by atoms with Crippen molar-refractivity contribution in [2.24, 2.45) is 0 Å². The first-order chi connectivity index (χ1) is 14.0. The van der Waals surface area contributed by atoms with Gasteiger partial charge in [-0.1, -0.05) is 18.2 Å². The minimum absolute atomic E-state index is 0.0243. The van der Waals surface area contributed by atoms with Crippen molar-refractivity contribution < 1.29 is 14.7 Å². The highest BCUT2D eigenvalue weighted by Crippen LogP contribution is 2.37. The fourth-order valence-corrected chi connectivity index (χ4v) is 4.42. The second kappa shape index (κ2) is 6.93. The highest BCUT2D eigenvalue weighted by Gasteiger charge is 2.50. The number of carbonyl (C=O) groups excluding carboxylic acids is 2. The molecule has 5 rings (SSSR count). The number of nitrogens with zero attached hydrogens (tertiary/aromatic N) is 3. The zero-order valence-electron chi connectivity index (χ0n) is 15.9. The molecule has 148 valence electrons. The summed E-state index contributed by atoms with van der Waals surface area (Å²) in [6.07, 6.45) is 1.10. The molecule has 1 aliphatic heterocycles. The Bertz CT molecular complexity index is 1080. The SMILES string of the molecule is O=C(c1ccc(-c2ccc3scnc3c2)cc1)N1CCN(C(=O)C2(O)CC2)CC1. The normalized spacial score (nSPS) is 18.1. The number of piperazine rings is 1. The van der Waals surface area contributed by atoms with Gasteiger partial charge in [-0.2, -0.15) is 0 Å². The second-order valence-corrected chi connectivity index (χ2v) is 8.61. The first-order valence-corrected chi connectivity index (χ1v) is 10.7. The summed E-state index contributed by atoms with van der Waals surface area (Å²) in [5.74, 6) is -0.213.